The minimum Gasteiger partial charge on any atom is -0.496 e. The summed E-state index contributed by atoms with van der Waals surface area (Å²) in [6.07, 6.45) is 4.68. The van der Waals surface area contributed by atoms with Crippen LogP contribution in [0.2, 0.25) is 0 Å². The lowest BCUT2D eigenvalue weighted by Crippen LogP contribution is -2.44. The van der Waals surface area contributed by atoms with Crippen molar-refractivity contribution >= 4 is 11.9 Å². The van der Waals surface area contributed by atoms with Gasteiger partial charge in [0.15, 0.2) is 0 Å². The number of carbonyl (C=O) groups excluding carboxylic acids is 2. The highest BCUT2D eigenvalue weighted by Gasteiger charge is 2.50. The van der Waals surface area contributed by atoms with Crippen LogP contribution in [0.4, 0.5) is 0 Å². The predicted molar refractivity (Wildman–Crippen MR) is 92.9 cm³/mol. The minimum atomic E-state index is -0.441. The fourth-order valence-corrected chi connectivity index (χ4v) is 4.85. The zero-order valence-corrected chi connectivity index (χ0v) is 15.4. The second-order valence-electron chi connectivity index (χ2n) is 7.30. The first-order chi connectivity index (χ1) is 12.0. The van der Waals surface area contributed by atoms with Crippen molar-refractivity contribution in [3.63, 3.8) is 0 Å². The average Bonchev–Trinajstić information content (AvgIpc) is 2.65. The Morgan fingerprint density at radius 3 is 2.52 bits per heavy atom. The van der Waals surface area contributed by atoms with Crippen LogP contribution in [0.5, 0.6) is 5.75 Å². The van der Waals surface area contributed by atoms with Gasteiger partial charge in [-0.3, -0.25) is 4.79 Å². The number of esters is 2. The fourth-order valence-electron chi connectivity index (χ4n) is 4.85. The Morgan fingerprint density at radius 2 is 1.88 bits per heavy atom. The van der Waals surface area contributed by atoms with Crippen LogP contribution < -0.4 is 4.74 Å². The highest BCUT2D eigenvalue weighted by atomic mass is 16.5. The Kier molecular flexibility index (Phi) is 4.76. The molecule has 0 amide bonds. The molecule has 136 valence electrons. The third-order valence-electron chi connectivity index (χ3n) is 6.16. The molecule has 3 atom stereocenters. The second-order valence-corrected chi connectivity index (χ2v) is 7.30. The number of carbonyl (C=O) groups is 2. The summed E-state index contributed by atoms with van der Waals surface area (Å²) in [5.41, 5.74) is 2.39. The van der Waals surface area contributed by atoms with Gasteiger partial charge < -0.3 is 14.2 Å². The lowest BCUT2D eigenvalue weighted by Gasteiger charge is -2.47. The first-order valence-electron chi connectivity index (χ1n) is 8.83. The molecule has 0 saturated heterocycles. The summed E-state index contributed by atoms with van der Waals surface area (Å²) in [6, 6.07) is 3.88. The van der Waals surface area contributed by atoms with Crippen LogP contribution in [-0.2, 0) is 20.7 Å². The van der Waals surface area contributed by atoms with Gasteiger partial charge in [-0.15, -0.1) is 0 Å². The summed E-state index contributed by atoms with van der Waals surface area (Å²) in [5.74, 6) is 0.599. The predicted octanol–water partition coefficient (Wildman–Crippen LogP) is 3.49. The van der Waals surface area contributed by atoms with Gasteiger partial charge in [0, 0.05) is 0 Å². The first-order valence-corrected chi connectivity index (χ1v) is 8.83. The average molecular weight is 346 g/mol. The number of aryl methyl sites for hydroxylation is 1. The molecule has 1 saturated carbocycles. The smallest absolute Gasteiger partial charge is 0.341 e. The van der Waals surface area contributed by atoms with E-state index in [0.717, 1.165) is 37.7 Å². The SMILES string of the molecule is COC(=O)c1cc2c(cc1OC)[C@H]1CCC[C@](C)(C(=O)OC)[C@H]1CC2. The molecule has 0 bridgehead atoms. The molecule has 0 radical (unpaired) electrons. The number of hydrogen-bond donors (Lipinski definition) is 0. The van der Waals surface area contributed by atoms with Crippen molar-refractivity contribution in [2.24, 2.45) is 11.3 Å². The molecule has 1 aromatic carbocycles. The molecule has 0 heterocycles. The van der Waals surface area contributed by atoms with Gasteiger partial charge >= 0.3 is 11.9 Å². The molecular weight excluding hydrogens is 320 g/mol. The van der Waals surface area contributed by atoms with E-state index >= 15 is 0 Å². The molecule has 3 rings (SSSR count). The van der Waals surface area contributed by atoms with Crippen LogP contribution in [0.15, 0.2) is 12.1 Å². The summed E-state index contributed by atoms with van der Waals surface area (Å²) < 4.78 is 15.4. The molecule has 0 spiro atoms. The zero-order chi connectivity index (χ0) is 18.2. The highest BCUT2D eigenvalue weighted by Crippen LogP contribution is 2.54. The van der Waals surface area contributed by atoms with E-state index in [9.17, 15) is 9.59 Å². The molecule has 0 N–H and O–H groups in total. The Bertz CT molecular complexity index is 696. The van der Waals surface area contributed by atoms with Crippen molar-refractivity contribution in [3.05, 3.63) is 28.8 Å². The van der Waals surface area contributed by atoms with Gasteiger partial charge in [-0.25, -0.2) is 4.79 Å². The number of benzene rings is 1. The summed E-state index contributed by atoms with van der Waals surface area (Å²) in [6.45, 7) is 2.04. The lowest BCUT2D eigenvalue weighted by molar-refractivity contribution is -0.158. The standard InChI is InChI=1S/C20H26O5/c1-20(19(22)25-4)9-5-6-13-14-11-17(23-2)15(18(21)24-3)10-12(14)7-8-16(13)20/h10-11,13,16H,5-9H2,1-4H3/t13-,16+,20+/m1/s1. The van der Waals surface area contributed by atoms with Crippen molar-refractivity contribution in [3.8, 4) is 5.75 Å². The third-order valence-corrected chi connectivity index (χ3v) is 6.16. The van der Waals surface area contributed by atoms with Crippen LogP contribution in [0, 0.1) is 11.3 Å². The molecule has 1 fully saturated rings. The minimum absolute atomic E-state index is 0.108. The van der Waals surface area contributed by atoms with Gasteiger partial charge in [0.1, 0.15) is 11.3 Å². The van der Waals surface area contributed by atoms with Crippen molar-refractivity contribution in [1.29, 1.82) is 0 Å². The Morgan fingerprint density at radius 1 is 1.12 bits per heavy atom. The van der Waals surface area contributed by atoms with E-state index in [0.29, 0.717) is 17.2 Å². The summed E-state index contributed by atoms with van der Waals surface area (Å²) in [7, 11) is 4.41. The highest BCUT2D eigenvalue weighted by molar-refractivity contribution is 5.93. The van der Waals surface area contributed by atoms with Crippen molar-refractivity contribution in [1.82, 2.24) is 0 Å². The summed E-state index contributed by atoms with van der Waals surface area (Å²) in [5, 5.41) is 0. The van der Waals surface area contributed by atoms with Crippen molar-refractivity contribution in [2.45, 2.75) is 44.9 Å². The summed E-state index contributed by atoms with van der Waals surface area (Å²) in [4.78, 5) is 24.5. The molecule has 0 aliphatic heterocycles. The van der Waals surface area contributed by atoms with Gasteiger partial charge in [-0.2, -0.15) is 0 Å². The molecule has 2 aliphatic carbocycles. The van der Waals surface area contributed by atoms with E-state index in [2.05, 4.69) is 0 Å². The molecule has 0 unspecified atom stereocenters. The molecule has 1 aromatic rings. The second kappa shape index (κ2) is 6.70. The third kappa shape index (κ3) is 2.79. The maximum atomic E-state index is 12.5. The Labute approximate surface area is 148 Å². The largest absolute Gasteiger partial charge is 0.496 e. The van der Waals surface area contributed by atoms with Gasteiger partial charge in [0.05, 0.1) is 26.7 Å². The fraction of sp³-hybridized carbons (Fsp3) is 0.600. The van der Waals surface area contributed by atoms with Crippen LogP contribution in [-0.4, -0.2) is 33.3 Å². The number of rotatable bonds is 3. The number of fused-ring (bicyclic) bond motifs is 3. The molecule has 25 heavy (non-hydrogen) atoms. The molecule has 2 aliphatic rings. The lowest BCUT2D eigenvalue weighted by atomic mass is 9.56. The van der Waals surface area contributed by atoms with Gasteiger partial charge in [0.2, 0.25) is 0 Å². The number of hydrogen-bond acceptors (Lipinski definition) is 5. The topological polar surface area (TPSA) is 61.8 Å². The van der Waals surface area contributed by atoms with Gasteiger partial charge in [-0.1, -0.05) is 6.42 Å². The van der Waals surface area contributed by atoms with E-state index in [1.165, 1.54) is 19.8 Å². The monoisotopic (exact) mass is 346 g/mol. The molecular formula is C20H26O5. The molecule has 0 aromatic heterocycles. The van der Waals surface area contributed by atoms with Gasteiger partial charge in [0.25, 0.3) is 0 Å². The first kappa shape index (κ1) is 17.8. The van der Waals surface area contributed by atoms with E-state index in [1.54, 1.807) is 7.11 Å². The Hall–Kier alpha value is -2.04. The Balaban J connectivity index is 2.04. The van der Waals surface area contributed by atoms with E-state index in [-0.39, 0.29) is 17.9 Å². The van der Waals surface area contributed by atoms with Crippen LogP contribution in [0.3, 0.4) is 0 Å². The van der Waals surface area contributed by atoms with Crippen LogP contribution >= 0.6 is 0 Å². The maximum absolute atomic E-state index is 12.5. The number of methoxy groups -OCH3 is 3. The van der Waals surface area contributed by atoms with E-state index < -0.39 is 5.41 Å². The molecule has 5 nitrogen and oxygen atoms in total. The zero-order valence-electron chi connectivity index (χ0n) is 15.4. The van der Waals surface area contributed by atoms with Crippen LogP contribution in [0.25, 0.3) is 0 Å². The quantitative estimate of drug-likeness (QED) is 0.784. The van der Waals surface area contributed by atoms with E-state index in [1.807, 2.05) is 19.1 Å². The van der Waals surface area contributed by atoms with Crippen molar-refractivity contribution < 1.29 is 23.8 Å². The van der Waals surface area contributed by atoms with Crippen molar-refractivity contribution in [2.75, 3.05) is 21.3 Å². The van der Waals surface area contributed by atoms with E-state index in [4.69, 9.17) is 14.2 Å². The van der Waals surface area contributed by atoms with Gasteiger partial charge in [-0.05, 0) is 67.7 Å². The number of ether oxygens (including phenoxy) is 3. The normalized spacial score (nSPS) is 27.7. The summed E-state index contributed by atoms with van der Waals surface area (Å²) >= 11 is 0. The maximum Gasteiger partial charge on any atom is 0.341 e. The molecule has 5 heteroatoms. The van der Waals surface area contributed by atoms with Crippen LogP contribution in [0.1, 0.15) is 60.0 Å².